The molecule has 6 nitrogen and oxygen atoms in total. The lowest BCUT2D eigenvalue weighted by atomic mass is 9.89. The number of aromatic nitrogens is 6. The molecule has 0 aliphatic heterocycles. The third-order valence-electron chi connectivity index (χ3n) is 4.97. The summed E-state index contributed by atoms with van der Waals surface area (Å²) < 4.78 is 3.53. The van der Waals surface area contributed by atoms with Crippen molar-refractivity contribution in [2.75, 3.05) is 0 Å². The van der Waals surface area contributed by atoms with E-state index >= 15 is 0 Å². The molecular formula is C18H17ClN6. The van der Waals surface area contributed by atoms with Gasteiger partial charge in [-0.15, -0.1) is 5.10 Å². The molecule has 3 aromatic heterocycles. The van der Waals surface area contributed by atoms with Crippen molar-refractivity contribution in [2.45, 2.75) is 38.0 Å². The van der Waals surface area contributed by atoms with E-state index in [4.69, 9.17) is 16.6 Å². The minimum Gasteiger partial charge on any atom is -0.216 e. The van der Waals surface area contributed by atoms with Crippen LogP contribution in [0.2, 0.25) is 5.02 Å². The molecule has 1 aromatic carbocycles. The monoisotopic (exact) mass is 352 g/mol. The van der Waals surface area contributed by atoms with Gasteiger partial charge in [-0.1, -0.05) is 43.0 Å². The Kier molecular flexibility index (Phi) is 3.45. The maximum absolute atomic E-state index is 6.32. The predicted octanol–water partition coefficient (Wildman–Crippen LogP) is 4.16. The first-order valence-electron chi connectivity index (χ1n) is 8.65. The van der Waals surface area contributed by atoms with E-state index in [0.717, 1.165) is 28.2 Å². The van der Waals surface area contributed by atoms with Gasteiger partial charge in [0.1, 0.15) is 6.33 Å². The van der Waals surface area contributed by atoms with E-state index in [-0.39, 0.29) is 0 Å². The molecule has 1 aliphatic rings. The molecule has 0 unspecified atom stereocenters. The first kappa shape index (κ1) is 14.8. The fourth-order valence-electron chi connectivity index (χ4n) is 3.67. The second-order valence-corrected chi connectivity index (χ2v) is 6.97. The standard InChI is InChI=1S/C18H17ClN6/c19-14-8-4-5-9-15(14)25-17-13(10-21-25)18-22-16(23-24(18)11-20-17)12-6-2-1-3-7-12/h4-5,8-12H,1-3,6-7H2. The van der Waals surface area contributed by atoms with Gasteiger partial charge in [0.15, 0.2) is 17.1 Å². The predicted molar refractivity (Wildman–Crippen MR) is 96.2 cm³/mol. The molecule has 1 saturated carbocycles. The lowest BCUT2D eigenvalue weighted by Gasteiger charge is -2.17. The zero-order chi connectivity index (χ0) is 16.8. The van der Waals surface area contributed by atoms with Crippen LogP contribution in [-0.2, 0) is 0 Å². The second kappa shape index (κ2) is 5.81. The largest absolute Gasteiger partial charge is 0.216 e. The van der Waals surface area contributed by atoms with Crippen molar-refractivity contribution in [1.29, 1.82) is 0 Å². The highest BCUT2D eigenvalue weighted by atomic mass is 35.5. The first-order chi connectivity index (χ1) is 12.3. The number of hydrogen-bond donors (Lipinski definition) is 0. The Balaban J connectivity index is 1.66. The Hall–Kier alpha value is -2.47. The van der Waals surface area contributed by atoms with Crippen molar-refractivity contribution in [3.05, 3.63) is 47.6 Å². The molecule has 1 fully saturated rings. The van der Waals surface area contributed by atoms with Gasteiger partial charge in [0.2, 0.25) is 0 Å². The Morgan fingerprint density at radius 1 is 1.04 bits per heavy atom. The molecule has 3 heterocycles. The number of hydrogen-bond acceptors (Lipinski definition) is 4. The van der Waals surface area contributed by atoms with Crippen LogP contribution in [0.1, 0.15) is 43.8 Å². The number of nitrogens with zero attached hydrogens (tertiary/aromatic N) is 6. The summed E-state index contributed by atoms with van der Waals surface area (Å²) in [5.41, 5.74) is 2.36. The molecule has 0 saturated heterocycles. The molecule has 0 spiro atoms. The smallest absolute Gasteiger partial charge is 0.170 e. The number of para-hydroxylation sites is 1. The molecule has 1 aliphatic carbocycles. The summed E-state index contributed by atoms with van der Waals surface area (Å²) in [5, 5.41) is 10.7. The topological polar surface area (TPSA) is 60.9 Å². The van der Waals surface area contributed by atoms with Gasteiger partial charge < -0.3 is 0 Å². The Bertz CT molecular complexity index is 1060. The van der Waals surface area contributed by atoms with Crippen LogP contribution in [0, 0.1) is 0 Å². The maximum Gasteiger partial charge on any atom is 0.170 e. The minimum absolute atomic E-state index is 0.460. The third-order valence-corrected chi connectivity index (χ3v) is 5.29. The van der Waals surface area contributed by atoms with Gasteiger partial charge in [-0.3, -0.25) is 0 Å². The number of fused-ring (bicyclic) bond motifs is 3. The molecule has 126 valence electrons. The minimum atomic E-state index is 0.460. The quantitative estimate of drug-likeness (QED) is 0.543. The van der Waals surface area contributed by atoms with Gasteiger partial charge in [0.05, 0.1) is 22.3 Å². The molecule has 0 amide bonds. The SMILES string of the molecule is Clc1ccccc1-n1ncc2c1ncn1nc(C3CCCCC3)nc21. The molecule has 7 heteroatoms. The van der Waals surface area contributed by atoms with E-state index < -0.39 is 0 Å². The summed E-state index contributed by atoms with van der Waals surface area (Å²) >= 11 is 6.32. The Morgan fingerprint density at radius 2 is 1.88 bits per heavy atom. The molecular weight excluding hydrogens is 336 g/mol. The van der Waals surface area contributed by atoms with E-state index in [1.807, 2.05) is 24.3 Å². The molecule has 25 heavy (non-hydrogen) atoms. The molecule has 0 N–H and O–H groups in total. The van der Waals surface area contributed by atoms with E-state index in [0.29, 0.717) is 10.9 Å². The van der Waals surface area contributed by atoms with E-state index in [9.17, 15) is 0 Å². The van der Waals surface area contributed by atoms with Crippen molar-refractivity contribution in [1.82, 2.24) is 29.4 Å². The van der Waals surface area contributed by atoms with Gasteiger partial charge in [0, 0.05) is 5.92 Å². The average molecular weight is 353 g/mol. The number of benzene rings is 1. The van der Waals surface area contributed by atoms with Crippen LogP contribution in [0.4, 0.5) is 0 Å². The van der Waals surface area contributed by atoms with Crippen molar-refractivity contribution >= 4 is 28.3 Å². The van der Waals surface area contributed by atoms with Crippen LogP contribution < -0.4 is 0 Å². The summed E-state index contributed by atoms with van der Waals surface area (Å²) in [4.78, 5) is 9.37. The highest BCUT2D eigenvalue weighted by Crippen LogP contribution is 2.32. The van der Waals surface area contributed by atoms with Crippen LogP contribution in [-0.4, -0.2) is 29.4 Å². The normalized spacial score (nSPS) is 16.0. The Labute approximate surface area is 149 Å². The lowest BCUT2D eigenvalue weighted by Crippen LogP contribution is -2.06. The van der Waals surface area contributed by atoms with Crippen molar-refractivity contribution < 1.29 is 0 Å². The van der Waals surface area contributed by atoms with Crippen LogP contribution >= 0.6 is 11.6 Å². The summed E-state index contributed by atoms with van der Waals surface area (Å²) in [6.45, 7) is 0. The van der Waals surface area contributed by atoms with Crippen LogP contribution in [0.25, 0.3) is 22.4 Å². The third kappa shape index (κ3) is 2.40. The lowest BCUT2D eigenvalue weighted by molar-refractivity contribution is 0.429. The zero-order valence-electron chi connectivity index (χ0n) is 13.6. The molecule has 0 atom stereocenters. The van der Waals surface area contributed by atoms with Gasteiger partial charge in [-0.05, 0) is 25.0 Å². The van der Waals surface area contributed by atoms with E-state index in [2.05, 4.69) is 15.2 Å². The molecule has 0 bridgehead atoms. The average Bonchev–Trinajstić information content (AvgIpc) is 3.26. The molecule has 4 aromatic rings. The highest BCUT2D eigenvalue weighted by molar-refractivity contribution is 6.32. The summed E-state index contributed by atoms with van der Waals surface area (Å²) in [6.07, 6.45) is 9.70. The fourth-order valence-corrected chi connectivity index (χ4v) is 3.89. The van der Waals surface area contributed by atoms with Gasteiger partial charge in [-0.2, -0.15) is 5.10 Å². The first-order valence-corrected chi connectivity index (χ1v) is 9.03. The van der Waals surface area contributed by atoms with Gasteiger partial charge in [0.25, 0.3) is 0 Å². The number of halogens is 1. The van der Waals surface area contributed by atoms with Crippen molar-refractivity contribution in [3.8, 4) is 5.69 Å². The van der Waals surface area contributed by atoms with Crippen LogP contribution in [0.5, 0.6) is 0 Å². The highest BCUT2D eigenvalue weighted by Gasteiger charge is 2.21. The number of rotatable bonds is 2. The van der Waals surface area contributed by atoms with E-state index in [1.54, 1.807) is 21.7 Å². The summed E-state index contributed by atoms with van der Waals surface area (Å²) in [5.74, 6) is 1.39. The summed E-state index contributed by atoms with van der Waals surface area (Å²) in [7, 11) is 0. The van der Waals surface area contributed by atoms with Crippen LogP contribution in [0.15, 0.2) is 36.8 Å². The molecule has 5 rings (SSSR count). The zero-order valence-corrected chi connectivity index (χ0v) is 14.4. The van der Waals surface area contributed by atoms with Crippen molar-refractivity contribution in [2.24, 2.45) is 0 Å². The second-order valence-electron chi connectivity index (χ2n) is 6.56. The van der Waals surface area contributed by atoms with Crippen molar-refractivity contribution in [3.63, 3.8) is 0 Å². The maximum atomic E-state index is 6.32. The van der Waals surface area contributed by atoms with Gasteiger partial charge in [-0.25, -0.2) is 19.2 Å². The molecule has 0 radical (unpaired) electrons. The van der Waals surface area contributed by atoms with Crippen LogP contribution in [0.3, 0.4) is 0 Å². The van der Waals surface area contributed by atoms with E-state index in [1.165, 1.54) is 32.1 Å². The fraction of sp³-hybridized carbons (Fsp3) is 0.333. The summed E-state index contributed by atoms with van der Waals surface area (Å²) in [6, 6.07) is 7.61. The Morgan fingerprint density at radius 3 is 2.72 bits per heavy atom. The van der Waals surface area contributed by atoms with Gasteiger partial charge >= 0.3 is 0 Å².